The summed E-state index contributed by atoms with van der Waals surface area (Å²) in [5.74, 6) is 0.100. The fourth-order valence-electron chi connectivity index (χ4n) is 2.68. The summed E-state index contributed by atoms with van der Waals surface area (Å²) in [6.07, 6.45) is 1.03. The molecule has 2 heterocycles. The van der Waals surface area contributed by atoms with E-state index in [9.17, 15) is 13.2 Å². The molecule has 28 heavy (non-hydrogen) atoms. The molecule has 0 aliphatic carbocycles. The van der Waals surface area contributed by atoms with Crippen molar-refractivity contribution < 1.29 is 17.6 Å². The number of sulfone groups is 1. The highest BCUT2D eigenvalue weighted by Crippen LogP contribution is 2.34. The van der Waals surface area contributed by atoms with Crippen LogP contribution >= 0.6 is 0 Å². The summed E-state index contributed by atoms with van der Waals surface area (Å²) in [6, 6.07) is 11.1. The lowest BCUT2D eigenvalue weighted by Crippen LogP contribution is -2.11. The number of rotatable bonds is 4. The molecule has 0 atom stereocenters. The summed E-state index contributed by atoms with van der Waals surface area (Å²) in [6.45, 7) is 0. The number of nitrogen functional groups attached to an aromatic ring is 1. The lowest BCUT2D eigenvalue weighted by molar-refractivity contribution is 0.468. The number of aromatic amines is 1. The summed E-state index contributed by atoms with van der Waals surface area (Å²) in [7, 11) is -3.69. The average molecular weight is 399 g/mol. The zero-order chi connectivity index (χ0) is 19.9. The van der Waals surface area contributed by atoms with Crippen LogP contribution < -0.4 is 15.9 Å². The largest absolute Gasteiger partial charge is 0.456 e. The average Bonchev–Trinajstić information content (AvgIpc) is 3.16. The number of H-pyrrole nitrogens is 1. The quantitative estimate of drug-likeness (QED) is 0.522. The molecule has 0 radical (unpaired) electrons. The van der Waals surface area contributed by atoms with E-state index in [0.717, 1.165) is 6.26 Å². The highest BCUT2D eigenvalue weighted by Gasteiger charge is 2.23. The van der Waals surface area contributed by atoms with Crippen LogP contribution in [0.4, 0.5) is 5.88 Å². The van der Waals surface area contributed by atoms with Crippen LogP contribution in [0.5, 0.6) is 11.5 Å². The normalized spacial score (nSPS) is 11.6. The van der Waals surface area contributed by atoms with Crippen molar-refractivity contribution in [2.75, 3.05) is 12.0 Å². The number of fused-ring (bicyclic) bond motifs is 1. The van der Waals surface area contributed by atoms with Gasteiger partial charge in [0.05, 0.1) is 5.39 Å². The Morgan fingerprint density at radius 2 is 1.93 bits per heavy atom. The monoisotopic (exact) mass is 399 g/mol. The SMILES string of the molecule is CS(=O)(=O)c1cc2oc(N)c(-c3nn[nH]n3)c(=O)c2cc1Oc1ccccc1. The molecule has 10 nitrogen and oxygen atoms in total. The van der Waals surface area contributed by atoms with Gasteiger partial charge in [-0.1, -0.05) is 18.2 Å². The third kappa shape index (κ3) is 3.07. The Morgan fingerprint density at radius 3 is 2.57 bits per heavy atom. The van der Waals surface area contributed by atoms with Gasteiger partial charge in [-0.3, -0.25) is 4.79 Å². The Kier molecular flexibility index (Phi) is 4.08. The maximum atomic E-state index is 12.9. The van der Waals surface area contributed by atoms with Crippen LogP contribution in [0.25, 0.3) is 22.4 Å². The molecule has 0 fully saturated rings. The molecule has 0 amide bonds. The van der Waals surface area contributed by atoms with E-state index in [2.05, 4.69) is 20.6 Å². The number of hydrogen-bond acceptors (Lipinski definition) is 9. The third-order valence-corrected chi connectivity index (χ3v) is 5.04. The van der Waals surface area contributed by atoms with Gasteiger partial charge in [-0.05, 0) is 23.4 Å². The van der Waals surface area contributed by atoms with E-state index in [0.29, 0.717) is 5.75 Å². The van der Waals surface area contributed by atoms with Crippen LogP contribution in [0.1, 0.15) is 0 Å². The van der Waals surface area contributed by atoms with E-state index < -0.39 is 15.3 Å². The molecular formula is C17H13N5O5S. The van der Waals surface area contributed by atoms with E-state index in [4.69, 9.17) is 14.9 Å². The fourth-order valence-corrected chi connectivity index (χ4v) is 3.47. The highest BCUT2D eigenvalue weighted by molar-refractivity contribution is 7.90. The Balaban J connectivity index is 2.00. The first-order chi connectivity index (χ1) is 13.3. The van der Waals surface area contributed by atoms with E-state index in [1.165, 1.54) is 12.1 Å². The molecule has 3 N–H and O–H groups in total. The van der Waals surface area contributed by atoms with E-state index in [1.807, 2.05) is 0 Å². The van der Waals surface area contributed by atoms with Crippen LogP contribution in [-0.2, 0) is 9.84 Å². The van der Waals surface area contributed by atoms with Gasteiger partial charge in [0.25, 0.3) is 0 Å². The first-order valence-corrected chi connectivity index (χ1v) is 9.81. The topological polar surface area (TPSA) is 154 Å². The molecule has 0 saturated carbocycles. The molecule has 0 saturated heterocycles. The number of para-hydroxylation sites is 1. The fraction of sp³-hybridized carbons (Fsp3) is 0.0588. The summed E-state index contributed by atoms with van der Waals surface area (Å²) >= 11 is 0. The van der Waals surface area contributed by atoms with Crippen molar-refractivity contribution in [3.8, 4) is 22.9 Å². The molecule has 0 spiro atoms. The van der Waals surface area contributed by atoms with Crippen molar-refractivity contribution in [2.45, 2.75) is 4.90 Å². The lowest BCUT2D eigenvalue weighted by Gasteiger charge is -2.12. The standard InChI is InChI=1S/C17H13N5O5S/c1-28(24,25)13-8-11-10(7-12(13)26-9-5-3-2-4-6-9)15(23)14(16(18)27-11)17-19-21-22-20-17/h2-8H,18H2,1H3,(H,19,20,21,22). The van der Waals surface area contributed by atoms with E-state index in [-0.39, 0.29) is 38.9 Å². The second kappa shape index (κ2) is 6.46. The maximum Gasteiger partial charge on any atom is 0.214 e. The summed E-state index contributed by atoms with van der Waals surface area (Å²) in [4.78, 5) is 12.8. The van der Waals surface area contributed by atoms with Gasteiger partial charge in [-0.25, -0.2) is 8.42 Å². The Morgan fingerprint density at radius 1 is 1.18 bits per heavy atom. The molecule has 0 aliphatic rings. The first-order valence-electron chi connectivity index (χ1n) is 7.91. The van der Waals surface area contributed by atoms with Gasteiger partial charge in [0.1, 0.15) is 27.5 Å². The van der Waals surface area contributed by atoms with Gasteiger partial charge in [-0.2, -0.15) is 5.21 Å². The molecule has 142 valence electrons. The van der Waals surface area contributed by atoms with Crippen LogP contribution in [0.2, 0.25) is 0 Å². The third-order valence-electron chi connectivity index (χ3n) is 3.92. The number of aromatic nitrogens is 4. The van der Waals surface area contributed by atoms with Gasteiger partial charge in [-0.15, -0.1) is 10.2 Å². The number of anilines is 1. The second-order valence-corrected chi connectivity index (χ2v) is 7.87. The minimum atomic E-state index is -3.69. The second-order valence-electron chi connectivity index (χ2n) is 5.89. The first kappa shape index (κ1) is 17.7. The number of benzene rings is 2. The van der Waals surface area contributed by atoms with Gasteiger partial charge < -0.3 is 14.9 Å². The number of nitrogens with two attached hydrogens (primary N) is 1. The minimum Gasteiger partial charge on any atom is -0.456 e. The van der Waals surface area contributed by atoms with Crippen molar-refractivity contribution in [1.29, 1.82) is 0 Å². The molecule has 2 aromatic heterocycles. The molecule has 0 bridgehead atoms. The molecule has 2 aromatic carbocycles. The van der Waals surface area contributed by atoms with Gasteiger partial charge >= 0.3 is 0 Å². The van der Waals surface area contributed by atoms with Crippen LogP contribution in [0, 0.1) is 0 Å². The Hall–Kier alpha value is -3.73. The predicted molar refractivity (Wildman–Crippen MR) is 99.7 cm³/mol. The molecule has 0 aliphatic heterocycles. The van der Waals surface area contributed by atoms with Crippen LogP contribution in [-0.4, -0.2) is 35.3 Å². The van der Waals surface area contributed by atoms with E-state index >= 15 is 0 Å². The molecular weight excluding hydrogens is 386 g/mol. The summed E-state index contributed by atoms with van der Waals surface area (Å²) in [5, 5.41) is 13.2. The number of tetrazole rings is 1. The lowest BCUT2D eigenvalue weighted by atomic mass is 10.1. The zero-order valence-corrected chi connectivity index (χ0v) is 15.2. The van der Waals surface area contributed by atoms with Gasteiger partial charge in [0, 0.05) is 12.3 Å². The molecule has 0 unspecified atom stereocenters. The minimum absolute atomic E-state index is 0.00409. The zero-order valence-electron chi connectivity index (χ0n) is 14.4. The number of hydrogen-bond donors (Lipinski definition) is 2. The maximum absolute atomic E-state index is 12.9. The Bertz CT molecular complexity index is 1330. The molecule has 4 aromatic rings. The van der Waals surface area contributed by atoms with Crippen molar-refractivity contribution in [2.24, 2.45) is 0 Å². The summed E-state index contributed by atoms with van der Waals surface area (Å²) in [5.41, 5.74) is 5.20. The van der Waals surface area contributed by atoms with Gasteiger partial charge in [0.2, 0.25) is 17.1 Å². The van der Waals surface area contributed by atoms with Crippen LogP contribution in [0.3, 0.4) is 0 Å². The molecule has 11 heteroatoms. The number of nitrogens with zero attached hydrogens (tertiary/aromatic N) is 3. The summed E-state index contributed by atoms with van der Waals surface area (Å²) < 4.78 is 35.7. The van der Waals surface area contributed by atoms with Gasteiger partial charge in [0.15, 0.2) is 9.84 Å². The highest BCUT2D eigenvalue weighted by atomic mass is 32.2. The number of ether oxygens (including phenoxy) is 1. The molecule has 4 rings (SSSR count). The van der Waals surface area contributed by atoms with E-state index in [1.54, 1.807) is 30.3 Å². The smallest absolute Gasteiger partial charge is 0.214 e. The Labute approximate surface area is 157 Å². The van der Waals surface area contributed by atoms with Crippen molar-refractivity contribution >= 4 is 26.7 Å². The van der Waals surface area contributed by atoms with Crippen molar-refractivity contribution in [3.63, 3.8) is 0 Å². The number of nitrogens with one attached hydrogen (secondary N) is 1. The van der Waals surface area contributed by atoms with Crippen molar-refractivity contribution in [3.05, 3.63) is 52.7 Å². The predicted octanol–water partition coefficient (Wildman–Crippen LogP) is 1.75. The van der Waals surface area contributed by atoms with Crippen LogP contribution in [0.15, 0.2) is 56.6 Å². The van der Waals surface area contributed by atoms with Crippen molar-refractivity contribution in [1.82, 2.24) is 20.6 Å².